The van der Waals surface area contributed by atoms with Gasteiger partial charge in [0.1, 0.15) is 29.7 Å². The Morgan fingerprint density at radius 1 is 0.753 bits per heavy atom. The number of amides is 7. The number of nitrogens with zero attached hydrogens (tertiary/aromatic N) is 6. The monoisotopic (exact) mass is 1060 g/mol. The summed E-state index contributed by atoms with van der Waals surface area (Å²) in [5, 5.41) is 9.11. The second-order valence-electron chi connectivity index (χ2n) is 20.9. The molecule has 0 spiro atoms. The zero-order valence-corrected chi connectivity index (χ0v) is 44.6. The van der Waals surface area contributed by atoms with E-state index in [2.05, 4.69) is 20.4 Å². The highest BCUT2D eigenvalue weighted by Crippen LogP contribution is 2.34. The summed E-state index contributed by atoms with van der Waals surface area (Å²) in [4.78, 5) is 99.8. The summed E-state index contributed by atoms with van der Waals surface area (Å²) < 4.78 is 35.1. The Morgan fingerprint density at radius 3 is 2.13 bits per heavy atom. The first kappa shape index (κ1) is 55.9. The van der Waals surface area contributed by atoms with E-state index in [9.17, 15) is 33.6 Å². The van der Waals surface area contributed by atoms with E-state index in [0.717, 1.165) is 46.7 Å². The molecule has 0 aliphatic carbocycles. The number of piperazine rings is 1. The smallest absolute Gasteiger partial charge is 0.410 e. The van der Waals surface area contributed by atoms with E-state index in [4.69, 9.17) is 28.4 Å². The molecule has 1 aromatic heterocycles. The minimum atomic E-state index is -1.18. The van der Waals surface area contributed by atoms with Gasteiger partial charge in [-0.2, -0.15) is 5.10 Å². The molecule has 21 heteroatoms. The minimum absolute atomic E-state index is 0.0278. The molecule has 4 aromatic rings. The van der Waals surface area contributed by atoms with Crippen LogP contribution in [0.1, 0.15) is 86.6 Å². The van der Waals surface area contributed by atoms with Gasteiger partial charge in [0.15, 0.2) is 5.60 Å². The number of hydrogen-bond acceptors (Lipinski definition) is 15. The van der Waals surface area contributed by atoms with Crippen molar-refractivity contribution in [3.05, 3.63) is 95.8 Å². The lowest BCUT2D eigenvalue weighted by molar-refractivity contribution is -0.147. The lowest BCUT2D eigenvalue weighted by Crippen LogP contribution is -2.57. The summed E-state index contributed by atoms with van der Waals surface area (Å²) in [7, 11) is 0. The number of rotatable bonds is 22. The second-order valence-corrected chi connectivity index (χ2v) is 20.9. The number of aromatic amines is 1. The molecule has 77 heavy (non-hydrogen) atoms. The van der Waals surface area contributed by atoms with Crippen molar-refractivity contribution in [3.8, 4) is 22.6 Å². The highest BCUT2D eigenvalue weighted by molar-refractivity contribution is 6.24. The topological polar surface area (TPSA) is 232 Å². The third-order valence-electron chi connectivity index (χ3n) is 13.7. The summed E-state index contributed by atoms with van der Waals surface area (Å²) >= 11 is 0. The molecular formula is C56H70N8O13. The van der Waals surface area contributed by atoms with Crippen molar-refractivity contribution in [1.29, 1.82) is 0 Å². The molecule has 0 saturated carbocycles. The number of piperidine rings is 2. The van der Waals surface area contributed by atoms with E-state index in [-0.39, 0.29) is 80.0 Å². The number of nitrogens with one attached hydrogen (secondary N) is 2. The summed E-state index contributed by atoms with van der Waals surface area (Å²) in [6.07, 6.45) is 4.84. The Labute approximate surface area is 448 Å². The van der Waals surface area contributed by atoms with Crippen molar-refractivity contribution in [1.82, 2.24) is 35.1 Å². The first-order valence-corrected chi connectivity index (χ1v) is 26.3. The maximum atomic E-state index is 14.5. The number of carbonyl (C=O) groups excluding carboxylic acids is 7. The van der Waals surface area contributed by atoms with E-state index in [1.807, 2.05) is 80.4 Å². The Balaban J connectivity index is 0.783. The molecule has 0 bridgehead atoms. The molecule has 8 rings (SSSR count). The lowest BCUT2D eigenvalue weighted by atomic mass is 9.95. The van der Waals surface area contributed by atoms with Gasteiger partial charge in [-0.1, -0.05) is 36.4 Å². The van der Waals surface area contributed by atoms with Crippen molar-refractivity contribution in [3.63, 3.8) is 0 Å². The van der Waals surface area contributed by atoms with Gasteiger partial charge in [-0.15, -0.1) is 0 Å². The van der Waals surface area contributed by atoms with Crippen LogP contribution in [0.25, 0.3) is 11.1 Å². The zero-order chi connectivity index (χ0) is 54.7. The molecule has 0 radical (unpaired) electrons. The molecule has 4 aliphatic rings. The molecule has 4 aliphatic heterocycles. The molecule has 7 amide bonds. The number of fused-ring (bicyclic) bond motifs is 1. The number of benzene rings is 3. The standard InChI is InChI=1S/C56H70N8O13/c1-55(2,3)77-54(71)61-23-21-60(22-24-61)53(70)56(4,5)76-43-11-6-10-42(33-43)62-20-8-9-40(37-62)50(67)63(36-38-14-16-39(17-15-38)41-34-57-58-35-41)25-26-72-27-28-73-29-30-74-31-32-75-46-13-7-12-44-48(46)52(69)64(51(44)68)45-18-19-47(65)59-49(45)66/h6-7,10-17,33-35,40,45H,8-9,18-32,36-37H2,1-5H3,(H,57,58)(H,59,65,66)/t40-,45?/m1/s1. The molecule has 21 nitrogen and oxygen atoms in total. The van der Waals surface area contributed by atoms with Crippen molar-refractivity contribution in [2.24, 2.45) is 5.92 Å². The maximum Gasteiger partial charge on any atom is 0.410 e. The molecule has 2 N–H and O–H groups in total. The predicted molar refractivity (Wildman–Crippen MR) is 281 cm³/mol. The van der Waals surface area contributed by atoms with Gasteiger partial charge in [0.2, 0.25) is 17.7 Å². The SMILES string of the molecule is CC(C)(C)OC(=O)N1CCN(C(=O)C(C)(C)Oc2cccc(N3CCC[C@@H](C(=O)N(CCOCCOCCOCCOc4cccc5c4C(=O)N(C4CCC(=O)NC4=O)C5=O)Cc4ccc(-c5cn[nH]c5)cc4)C3)c2)CC1. The summed E-state index contributed by atoms with van der Waals surface area (Å²) in [5.41, 5.74) is 2.27. The van der Waals surface area contributed by atoms with Crippen molar-refractivity contribution >= 4 is 47.2 Å². The molecule has 3 fully saturated rings. The Kier molecular flexibility index (Phi) is 18.3. The van der Waals surface area contributed by atoms with Crippen molar-refractivity contribution < 1.29 is 62.0 Å². The highest BCUT2D eigenvalue weighted by atomic mass is 16.6. The van der Waals surface area contributed by atoms with Crippen LogP contribution in [0.4, 0.5) is 10.5 Å². The fourth-order valence-electron chi connectivity index (χ4n) is 9.78. The fourth-order valence-corrected chi connectivity index (χ4v) is 9.78. The normalized spacial score (nSPS) is 18.0. The van der Waals surface area contributed by atoms with Crippen LogP contribution in [-0.4, -0.2) is 181 Å². The Morgan fingerprint density at radius 2 is 1.44 bits per heavy atom. The molecule has 3 aromatic carbocycles. The van der Waals surface area contributed by atoms with Gasteiger partial charge in [0, 0.05) is 82.3 Å². The van der Waals surface area contributed by atoms with Crippen LogP contribution in [0.15, 0.2) is 79.1 Å². The van der Waals surface area contributed by atoms with E-state index in [0.29, 0.717) is 71.4 Å². The average molecular weight is 1060 g/mol. The lowest BCUT2D eigenvalue weighted by Gasteiger charge is -2.39. The molecule has 3 saturated heterocycles. The van der Waals surface area contributed by atoms with Gasteiger partial charge in [-0.25, -0.2) is 4.79 Å². The molecule has 1 unspecified atom stereocenters. The van der Waals surface area contributed by atoms with Gasteiger partial charge in [0.05, 0.1) is 62.9 Å². The van der Waals surface area contributed by atoms with E-state index in [1.165, 1.54) is 6.07 Å². The number of imide groups is 2. The van der Waals surface area contributed by atoms with Crippen LogP contribution in [0.2, 0.25) is 0 Å². The van der Waals surface area contributed by atoms with Gasteiger partial charge in [-0.3, -0.25) is 44.1 Å². The van der Waals surface area contributed by atoms with Crippen LogP contribution >= 0.6 is 0 Å². The maximum absolute atomic E-state index is 14.5. The van der Waals surface area contributed by atoms with E-state index < -0.39 is 40.9 Å². The molecule has 2 atom stereocenters. The number of aromatic nitrogens is 2. The number of ether oxygens (including phenoxy) is 6. The van der Waals surface area contributed by atoms with Gasteiger partial charge in [0.25, 0.3) is 17.7 Å². The molecule has 5 heterocycles. The van der Waals surface area contributed by atoms with Crippen LogP contribution < -0.4 is 19.7 Å². The van der Waals surface area contributed by atoms with Crippen LogP contribution in [0.5, 0.6) is 11.5 Å². The number of anilines is 1. The fraction of sp³-hybridized carbons (Fsp3) is 0.500. The summed E-state index contributed by atoms with van der Waals surface area (Å²) in [5.74, 6) is -2.06. The second kappa shape index (κ2) is 25.2. The quantitative estimate of drug-likeness (QED) is 0.0772. The van der Waals surface area contributed by atoms with E-state index >= 15 is 0 Å². The minimum Gasteiger partial charge on any atom is -0.490 e. The molecular weight excluding hydrogens is 993 g/mol. The average Bonchev–Trinajstić information content (AvgIpc) is 4.10. The Bertz CT molecular complexity index is 2740. The van der Waals surface area contributed by atoms with Crippen LogP contribution in [0.3, 0.4) is 0 Å². The first-order valence-electron chi connectivity index (χ1n) is 26.3. The third kappa shape index (κ3) is 14.4. The van der Waals surface area contributed by atoms with Crippen molar-refractivity contribution in [2.75, 3.05) is 97.0 Å². The summed E-state index contributed by atoms with van der Waals surface area (Å²) in [6.45, 7) is 14.2. The largest absolute Gasteiger partial charge is 0.490 e. The van der Waals surface area contributed by atoms with Gasteiger partial charge >= 0.3 is 6.09 Å². The van der Waals surface area contributed by atoms with Crippen LogP contribution in [-0.2, 0) is 44.7 Å². The zero-order valence-electron chi connectivity index (χ0n) is 44.6. The Hall–Kier alpha value is -7.36. The first-order chi connectivity index (χ1) is 37.0. The van der Waals surface area contributed by atoms with Crippen LogP contribution in [0, 0.1) is 5.92 Å². The van der Waals surface area contributed by atoms with Gasteiger partial charge in [-0.05, 0) is 89.3 Å². The third-order valence-corrected chi connectivity index (χ3v) is 13.7. The highest BCUT2D eigenvalue weighted by Gasteiger charge is 2.46. The predicted octanol–water partition coefficient (Wildman–Crippen LogP) is 5.09. The number of carbonyl (C=O) groups is 7. The van der Waals surface area contributed by atoms with Crippen molar-refractivity contribution in [2.45, 2.75) is 84.1 Å². The van der Waals surface area contributed by atoms with E-state index in [1.54, 1.807) is 42.0 Å². The van der Waals surface area contributed by atoms with Gasteiger partial charge < -0.3 is 48.0 Å². The number of hydrogen-bond donors (Lipinski definition) is 2. The summed E-state index contributed by atoms with van der Waals surface area (Å²) in [6, 6.07) is 19.3. The number of H-pyrrole nitrogens is 1. The molecule has 412 valence electrons.